The first-order valence-electron chi connectivity index (χ1n) is 6.13. The van der Waals surface area contributed by atoms with Gasteiger partial charge in [0.15, 0.2) is 6.61 Å². The van der Waals surface area contributed by atoms with E-state index in [1.165, 1.54) is 6.08 Å². The Bertz CT molecular complexity index is 514. The minimum atomic E-state index is -1.09. The van der Waals surface area contributed by atoms with Crippen molar-refractivity contribution in [1.82, 2.24) is 5.32 Å². The number of aliphatic carboxylic acids is 1. The molecule has 0 saturated heterocycles. The molecule has 5 nitrogen and oxygen atoms in total. The van der Waals surface area contributed by atoms with Gasteiger partial charge in [-0.25, -0.2) is 4.79 Å². The van der Waals surface area contributed by atoms with Gasteiger partial charge in [-0.1, -0.05) is 24.6 Å². The Balaban J connectivity index is 2.77. The van der Waals surface area contributed by atoms with Gasteiger partial charge in [-0.15, -0.1) is 0 Å². The van der Waals surface area contributed by atoms with E-state index in [9.17, 15) is 9.59 Å². The highest BCUT2D eigenvalue weighted by Crippen LogP contribution is 2.27. The first-order chi connectivity index (χ1) is 9.54. The zero-order chi connectivity index (χ0) is 15.0. The van der Waals surface area contributed by atoms with Crippen LogP contribution in [0.5, 0.6) is 5.75 Å². The SMILES string of the molecule is CCCNC(=O)COc1cccc(Cl)c1/C=C/C(=O)O. The maximum Gasteiger partial charge on any atom is 0.328 e. The van der Waals surface area contributed by atoms with Gasteiger partial charge in [0.1, 0.15) is 5.75 Å². The molecule has 0 unspecified atom stereocenters. The number of rotatable bonds is 7. The van der Waals surface area contributed by atoms with Crippen LogP contribution in [0.15, 0.2) is 24.3 Å². The van der Waals surface area contributed by atoms with Crippen LogP contribution in [0.2, 0.25) is 5.02 Å². The van der Waals surface area contributed by atoms with Crippen molar-refractivity contribution < 1.29 is 19.4 Å². The summed E-state index contributed by atoms with van der Waals surface area (Å²) in [5, 5.41) is 11.7. The van der Waals surface area contributed by atoms with Crippen molar-refractivity contribution in [2.24, 2.45) is 0 Å². The molecule has 0 aliphatic carbocycles. The number of hydrogen-bond donors (Lipinski definition) is 2. The Morgan fingerprint density at radius 3 is 2.85 bits per heavy atom. The summed E-state index contributed by atoms with van der Waals surface area (Å²) in [7, 11) is 0. The van der Waals surface area contributed by atoms with E-state index in [0.29, 0.717) is 22.9 Å². The molecule has 1 amide bonds. The highest BCUT2D eigenvalue weighted by molar-refractivity contribution is 6.32. The standard InChI is InChI=1S/C14H16ClNO4/c1-2-8-16-13(17)9-20-12-5-3-4-11(15)10(12)6-7-14(18)19/h3-7H,2,8-9H2,1H3,(H,16,17)(H,18,19)/b7-6+. The van der Waals surface area contributed by atoms with Crippen molar-refractivity contribution in [3.63, 3.8) is 0 Å². The summed E-state index contributed by atoms with van der Waals surface area (Å²) in [4.78, 5) is 22.0. The van der Waals surface area contributed by atoms with Crippen molar-refractivity contribution in [2.45, 2.75) is 13.3 Å². The number of ether oxygens (including phenoxy) is 1. The molecule has 0 atom stereocenters. The monoisotopic (exact) mass is 297 g/mol. The summed E-state index contributed by atoms with van der Waals surface area (Å²) < 4.78 is 5.37. The van der Waals surface area contributed by atoms with Crippen LogP contribution in [0.4, 0.5) is 0 Å². The average molecular weight is 298 g/mol. The predicted octanol–water partition coefficient (Wildman–Crippen LogP) is 2.34. The third-order valence-electron chi connectivity index (χ3n) is 2.34. The summed E-state index contributed by atoms with van der Waals surface area (Å²) in [6, 6.07) is 4.91. The van der Waals surface area contributed by atoms with Gasteiger partial charge in [-0.05, 0) is 24.6 Å². The molecule has 0 aromatic heterocycles. The Morgan fingerprint density at radius 1 is 1.45 bits per heavy atom. The van der Waals surface area contributed by atoms with E-state index in [0.717, 1.165) is 12.5 Å². The normalized spacial score (nSPS) is 10.5. The average Bonchev–Trinajstić information content (AvgIpc) is 2.41. The van der Waals surface area contributed by atoms with Gasteiger partial charge < -0.3 is 15.2 Å². The third kappa shape index (κ3) is 5.32. The van der Waals surface area contributed by atoms with Crippen molar-refractivity contribution in [3.05, 3.63) is 34.9 Å². The van der Waals surface area contributed by atoms with Crippen LogP contribution < -0.4 is 10.1 Å². The zero-order valence-corrected chi connectivity index (χ0v) is 11.8. The third-order valence-corrected chi connectivity index (χ3v) is 2.67. The van der Waals surface area contributed by atoms with E-state index in [4.69, 9.17) is 21.4 Å². The summed E-state index contributed by atoms with van der Waals surface area (Å²) in [6.45, 7) is 2.39. The molecule has 0 aliphatic heterocycles. The molecule has 108 valence electrons. The van der Waals surface area contributed by atoms with Crippen molar-refractivity contribution in [3.8, 4) is 5.75 Å². The van der Waals surface area contributed by atoms with E-state index < -0.39 is 5.97 Å². The number of amides is 1. The summed E-state index contributed by atoms with van der Waals surface area (Å²) in [5.41, 5.74) is 0.430. The number of nitrogens with one attached hydrogen (secondary N) is 1. The van der Waals surface area contributed by atoms with Gasteiger partial charge in [-0.2, -0.15) is 0 Å². The van der Waals surface area contributed by atoms with Crippen LogP contribution >= 0.6 is 11.6 Å². The first-order valence-corrected chi connectivity index (χ1v) is 6.51. The highest BCUT2D eigenvalue weighted by Gasteiger charge is 2.08. The molecule has 0 saturated carbocycles. The fourth-order valence-corrected chi connectivity index (χ4v) is 1.65. The summed E-state index contributed by atoms with van der Waals surface area (Å²) >= 11 is 5.99. The lowest BCUT2D eigenvalue weighted by molar-refractivity contribution is -0.131. The zero-order valence-electron chi connectivity index (χ0n) is 11.1. The van der Waals surface area contributed by atoms with Gasteiger partial charge in [0.05, 0.1) is 5.02 Å². The molecule has 0 heterocycles. The van der Waals surface area contributed by atoms with Crippen LogP contribution in [-0.2, 0) is 9.59 Å². The largest absolute Gasteiger partial charge is 0.483 e. The molecular weight excluding hydrogens is 282 g/mol. The molecule has 0 spiro atoms. The van der Waals surface area contributed by atoms with E-state index >= 15 is 0 Å². The van der Waals surface area contributed by atoms with Crippen LogP contribution in [0, 0.1) is 0 Å². The second-order valence-corrected chi connectivity index (χ2v) is 4.37. The molecule has 0 aliphatic rings. The highest BCUT2D eigenvalue weighted by atomic mass is 35.5. The van der Waals surface area contributed by atoms with Gasteiger partial charge in [-0.3, -0.25) is 4.79 Å². The van der Waals surface area contributed by atoms with Gasteiger partial charge in [0.2, 0.25) is 0 Å². The molecule has 1 aromatic rings. The fourth-order valence-electron chi connectivity index (χ4n) is 1.42. The lowest BCUT2D eigenvalue weighted by Gasteiger charge is -2.10. The summed E-state index contributed by atoms with van der Waals surface area (Å²) in [6.07, 6.45) is 3.14. The molecule has 0 fully saturated rings. The Hall–Kier alpha value is -2.01. The maximum absolute atomic E-state index is 11.5. The molecule has 6 heteroatoms. The second kappa shape index (κ2) is 8.22. The molecular formula is C14H16ClNO4. The lowest BCUT2D eigenvalue weighted by atomic mass is 10.2. The minimum absolute atomic E-state index is 0.145. The Kier molecular flexibility index (Phi) is 6.59. The number of halogens is 1. The molecule has 1 aromatic carbocycles. The van der Waals surface area contributed by atoms with Crippen LogP contribution in [0.3, 0.4) is 0 Å². The van der Waals surface area contributed by atoms with Crippen LogP contribution in [-0.4, -0.2) is 30.1 Å². The molecule has 0 bridgehead atoms. The lowest BCUT2D eigenvalue weighted by Crippen LogP contribution is -2.29. The number of carboxylic acids is 1. The first kappa shape index (κ1) is 16.0. The maximum atomic E-state index is 11.5. The number of carboxylic acid groups (broad SMARTS) is 1. The van der Waals surface area contributed by atoms with Crippen LogP contribution in [0.25, 0.3) is 6.08 Å². The van der Waals surface area contributed by atoms with Gasteiger partial charge in [0, 0.05) is 18.2 Å². The number of benzene rings is 1. The molecule has 20 heavy (non-hydrogen) atoms. The number of carbonyl (C=O) groups is 2. The number of carbonyl (C=O) groups excluding carboxylic acids is 1. The van der Waals surface area contributed by atoms with E-state index in [-0.39, 0.29) is 12.5 Å². The van der Waals surface area contributed by atoms with Crippen molar-refractivity contribution in [2.75, 3.05) is 13.2 Å². The van der Waals surface area contributed by atoms with E-state index in [1.54, 1.807) is 18.2 Å². The van der Waals surface area contributed by atoms with Gasteiger partial charge in [0.25, 0.3) is 5.91 Å². The number of hydrogen-bond acceptors (Lipinski definition) is 3. The Morgan fingerprint density at radius 2 is 2.20 bits per heavy atom. The quantitative estimate of drug-likeness (QED) is 0.758. The summed E-state index contributed by atoms with van der Waals surface area (Å²) in [5.74, 6) is -0.960. The second-order valence-electron chi connectivity index (χ2n) is 3.96. The van der Waals surface area contributed by atoms with Crippen LogP contribution in [0.1, 0.15) is 18.9 Å². The predicted molar refractivity (Wildman–Crippen MR) is 76.9 cm³/mol. The molecule has 0 radical (unpaired) electrons. The minimum Gasteiger partial charge on any atom is -0.483 e. The molecule has 2 N–H and O–H groups in total. The van der Waals surface area contributed by atoms with E-state index in [2.05, 4.69) is 5.32 Å². The topological polar surface area (TPSA) is 75.6 Å². The van der Waals surface area contributed by atoms with Crippen molar-refractivity contribution in [1.29, 1.82) is 0 Å². The Labute approximate surface area is 122 Å². The van der Waals surface area contributed by atoms with Crippen molar-refractivity contribution >= 4 is 29.6 Å². The smallest absolute Gasteiger partial charge is 0.328 e. The fraction of sp³-hybridized carbons (Fsp3) is 0.286. The molecule has 1 rings (SSSR count). The van der Waals surface area contributed by atoms with E-state index in [1.807, 2.05) is 6.92 Å². The van der Waals surface area contributed by atoms with Gasteiger partial charge >= 0.3 is 5.97 Å².